The number of thiazole rings is 1. The molecule has 3 aromatic rings. The Balaban J connectivity index is 1.40. The molecule has 124 valence electrons. The minimum absolute atomic E-state index is 0.642. The van der Waals surface area contributed by atoms with Gasteiger partial charge >= 0.3 is 0 Å². The van der Waals surface area contributed by atoms with Crippen LogP contribution >= 0.6 is 23.1 Å². The molecule has 0 radical (unpaired) electrons. The fourth-order valence-electron chi connectivity index (χ4n) is 2.75. The van der Waals surface area contributed by atoms with Crippen molar-refractivity contribution in [3.8, 4) is 0 Å². The van der Waals surface area contributed by atoms with Crippen LogP contribution in [0.3, 0.4) is 0 Å². The van der Waals surface area contributed by atoms with Crippen LogP contribution in [0.2, 0.25) is 0 Å². The van der Waals surface area contributed by atoms with Crippen molar-refractivity contribution < 1.29 is 0 Å². The van der Waals surface area contributed by atoms with Gasteiger partial charge in [-0.1, -0.05) is 42.1 Å². The SMILES string of the molecule is CCn1c(SCc2csc(Cc3ccccc3)n2)nnc1C1CC1. The molecule has 6 heteroatoms. The molecule has 1 aromatic carbocycles. The molecule has 2 heterocycles. The number of nitrogens with zero attached hydrogens (tertiary/aromatic N) is 4. The van der Waals surface area contributed by atoms with Crippen molar-refractivity contribution in [3.63, 3.8) is 0 Å². The molecule has 0 amide bonds. The maximum Gasteiger partial charge on any atom is 0.191 e. The number of hydrogen-bond acceptors (Lipinski definition) is 5. The third kappa shape index (κ3) is 3.54. The molecule has 0 N–H and O–H groups in total. The number of aromatic nitrogens is 4. The molecular formula is C18H20N4S2. The van der Waals surface area contributed by atoms with Gasteiger partial charge < -0.3 is 4.57 Å². The predicted octanol–water partition coefficient (Wildman–Crippen LogP) is 4.52. The fourth-order valence-corrected chi connectivity index (χ4v) is 4.59. The zero-order chi connectivity index (χ0) is 16.4. The molecule has 4 nitrogen and oxygen atoms in total. The minimum Gasteiger partial charge on any atom is -0.306 e. The van der Waals surface area contributed by atoms with Gasteiger partial charge in [0.15, 0.2) is 5.16 Å². The maximum atomic E-state index is 4.77. The Hall–Kier alpha value is -1.66. The van der Waals surface area contributed by atoms with E-state index in [1.165, 1.54) is 29.2 Å². The molecular weight excluding hydrogens is 336 g/mol. The summed E-state index contributed by atoms with van der Waals surface area (Å²) in [6, 6.07) is 10.5. The molecule has 0 aliphatic heterocycles. The van der Waals surface area contributed by atoms with Crippen molar-refractivity contribution in [3.05, 3.63) is 57.8 Å². The first-order chi connectivity index (χ1) is 11.8. The third-order valence-corrected chi connectivity index (χ3v) is 6.05. The zero-order valence-electron chi connectivity index (χ0n) is 13.7. The van der Waals surface area contributed by atoms with Gasteiger partial charge in [-0.3, -0.25) is 0 Å². The molecule has 4 rings (SSSR count). The molecule has 2 aromatic heterocycles. The second-order valence-electron chi connectivity index (χ2n) is 6.04. The van der Waals surface area contributed by atoms with Crippen molar-refractivity contribution >= 4 is 23.1 Å². The number of rotatable bonds is 7. The molecule has 0 bridgehead atoms. The highest BCUT2D eigenvalue weighted by Gasteiger charge is 2.29. The van der Waals surface area contributed by atoms with Gasteiger partial charge in [-0.15, -0.1) is 21.5 Å². The topological polar surface area (TPSA) is 43.6 Å². The van der Waals surface area contributed by atoms with Crippen LogP contribution in [0.5, 0.6) is 0 Å². The Morgan fingerprint density at radius 3 is 2.79 bits per heavy atom. The first-order valence-electron chi connectivity index (χ1n) is 8.36. The van der Waals surface area contributed by atoms with Crippen LogP contribution in [-0.4, -0.2) is 19.7 Å². The van der Waals surface area contributed by atoms with Crippen molar-refractivity contribution in [1.82, 2.24) is 19.7 Å². The highest BCUT2D eigenvalue weighted by Crippen LogP contribution is 2.40. The van der Waals surface area contributed by atoms with E-state index in [4.69, 9.17) is 4.98 Å². The lowest BCUT2D eigenvalue weighted by atomic mass is 10.2. The number of benzene rings is 1. The van der Waals surface area contributed by atoms with Crippen LogP contribution in [0.15, 0.2) is 40.9 Å². The highest BCUT2D eigenvalue weighted by atomic mass is 32.2. The van der Waals surface area contributed by atoms with Crippen LogP contribution in [-0.2, 0) is 18.7 Å². The quantitative estimate of drug-likeness (QED) is 0.584. The van der Waals surface area contributed by atoms with E-state index in [9.17, 15) is 0 Å². The summed E-state index contributed by atoms with van der Waals surface area (Å²) in [6.45, 7) is 3.11. The van der Waals surface area contributed by atoms with Crippen molar-refractivity contribution in [1.29, 1.82) is 0 Å². The monoisotopic (exact) mass is 356 g/mol. The summed E-state index contributed by atoms with van der Waals surface area (Å²) in [4.78, 5) is 4.77. The summed E-state index contributed by atoms with van der Waals surface area (Å²) in [5, 5.41) is 13.2. The van der Waals surface area contributed by atoms with Gasteiger partial charge in [-0.05, 0) is 25.3 Å². The van der Waals surface area contributed by atoms with Crippen LogP contribution in [0.1, 0.15) is 47.8 Å². The Morgan fingerprint density at radius 1 is 1.21 bits per heavy atom. The van der Waals surface area contributed by atoms with Crippen LogP contribution < -0.4 is 0 Å². The first kappa shape index (κ1) is 15.8. The second-order valence-corrected chi connectivity index (χ2v) is 7.93. The lowest BCUT2D eigenvalue weighted by Gasteiger charge is -2.05. The van der Waals surface area contributed by atoms with Gasteiger partial charge in [0.1, 0.15) is 5.82 Å². The van der Waals surface area contributed by atoms with E-state index in [2.05, 4.69) is 51.3 Å². The highest BCUT2D eigenvalue weighted by molar-refractivity contribution is 7.98. The van der Waals surface area contributed by atoms with Crippen molar-refractivity contribution in [2.45, 2.75) is 49.6 Å². The average Bonchev–Trinajstić information content (AvgIpc) is 3.22. The van der Waals surface area contributed by atoms with E-state index in [-0.39, 0.29) is 0 Å². The summed E-state index contributed by atoms with van der Waals surface area (Å²) in [7, 11) is 0. The Kier molecular flexibility index (Phi) is 4.67. The largest absolute Gasteiger partial charge is 0.306 e. The van der Waals surface area contributed by atoms with E-state index < -0.39 is 0 Å². The number of hydrogen-bond donors (Lipinski definition) is 0. The standard InChI is InChI=1S/C18H20N4S2/c1-2-22-17(14-8-9-14)20-21-18(22)24-12-15-11-23-16(19-15)10-13-6-4-3-5-7-13/h3-7,11,14H,2,8-10,12H2,1H3. The second kappa shape index (κ2) is 7.07. The molecule has 0 atom stereocenters. The van der Waals surface area contributed by atoms with Gasteiger partial charge in [0, 0.05) is 30.0 Å². The summed E-state index contributed by atoms with van der Waals surface area (Å²) >= 11 is 3.49. The number of thioether (sulfide) groups is 1. The first-order valence-corrected chi connectivity index (χ1v) is 10.2. The van der Waals surface area contributed by atoms with Crippen LogP contribution in [0.4, 0.5) is 0 Å². The predicted molar refractivity (Wildman–Crippen MR) is 98.6 cm³/mol. The smallest absolute Gasteiger partial charge is 0.191 e. The van der Waals surface area contributed by atoms with Crippen LogP contribution in [0, 0.1) is 0 Å². The van der Waals surface area contributed by atoms with Gasteiger partial charge in [0.05, 0.1) is 10.7 Å². The average molecular weight is 357 g/mol. The molecule has 0 unspecified atom stereocenters. The van der Waals surface area contributed by atoms with Gasteiger partial charge in [0.25, 0.3) is 0 Å². The minimum atomic E-state index is 0.642. The van der Waals surface area contributed by atoms with Crippen molar-refractivity contribution in [2.24, 2.45) is 0 Å². The summed E-state index contributed by atoms with van der Waals surface area (Å²) in [5.74, 6) is 2.67. The normalized spacial score (nSPS) is 14.2. The lowest BCUT2D eigenvalue weighted by molar-refractivity contribution is 0.643. The molecule has 0 spiro atoms. The maximum absolute atomic E-state index is 4.77. The summed E-state index contributed by atoms with van der Waals surface area (Å²) < 4.78 is 2.26. The Labute approximate surface area is 150 Å². The molecule has 24 heavy (non-hydrogen) atoms. The molecule has 1 fully saturated rings. The van der Waals surface area contributed by atoms with E-state index in [0.29, 0.717) is 5.92 Å². The third-order valence-electron chi connectivity index (χ3n) is 4.15. The Bertz CT molecular complexity index is 806. The van der Waals surface area contributed by atoms with E-state index in [1.54, 1.807) is 23.1 Å². The van der Waals surface area contributed by atoms with E-state index >= 15 is 0 Å². The van der Waals surface area contributed by atoms with E-state index in [1.807, 2.05) is 6.07 Å². The van der Waals surface area contributed by atoms with Gasteiger partial charge in [-0.25, -0.2) is 4.98 Å². The lowest BCUT2D eigenvalue weighted by Crippen LogP contribution is -2.02. The molecule has 0 saturated heterocycles. The molecule has 1 aliphatic rings. The van der Waals surface area contributed by atoms with Gasteiger partial charge in [-0.2, -0.15) is 0 Å². The van der Waals surface area contributed by atoms with Crippen LogP contribution in [0.25, 0.3) is 0 Å². The van der Waals surface area contributed by atoms with E-state index in [0.717, 1.165) is 29.6 Å². The summed E-state index contributed by atoms with van der Waals surface area (Å²) in [6.07, 6.45) is 3.43. The van der Waals surface area contributed by atoms with Gasteiger partial charge in [0.2, 0.25) is 0 Å². The molecule has 1 aliphatic carbocycles. The molecule has 1 saturated carbocycles. The zero-order valence-corrected chi connectivity index (χ0v) is 15.3. The Morgan fingerprint density at radius 2 is 2.04 bits per heavy atom. The van der Waals surface area contributed by atoms with Crippen molar-refractivity contribution in [2.75, 3.05) is 0 Å². The summed E-state index contributed by atoms with van der Waals surface area (Å²) in [5.41, 5.74) is 2.44. The fraction of sp³-hybridized carbons (Fsp3) is 0.389.